The molecule has 0 heterocycles. The Labute approximate surface area is 61.2 Å². The van der Waals surface area contributed by atoms with Crippen molar-refractivity contribution in [1.82, 2.24) is 0 Å². The van der Waals surface area contributed by atoms with Crippen LogP contribution in [0.25, 0.3) is 0 Å². The van der Waals surface area contributed by atoms with Crippen LogP contribution in [-0.4, -0.2) is 23.5 Å². The van der Waals surface area contributed by atoms with Gasteiger partial charge in [-0.3, -0.25) is 4.79 Å². The second-order valence-corrected chi connectivity index (χ2v) is 2.72. The van der Waals surface area contributed by atoms with Crippen LogP contribution in [0.1, 0.15) is 20.3 Å². The van der Waals surface area contributed by atoms with Crippen molar-refractivity contribution < 1.29 is 15.6 Å². The second-order valence-electron chi connectivity index (χ2n) is 2.72. The van der Waals surface area contributed by atoms with Crippen LogP contribution in [0.2, 0.25) is 0 Å². The summed E-state index contributed by atoms with van der Waals surface area (Å²) in [7, 11) is 0. The molecule has 0 saturated heterocycles. The van der Waals surface area contributed by atoms with Crippen molar-refractivity contribution in [3.63, 3.8) is 0 Å². The highest BCUT2D eigenvalue weighted by Crippen LogP contribution is 2.01. The monoisotopic (exact) mass is 146 g/mol. The van der Waals surface area contributed by atoms with Gasteiger partial charge >= 0.3 is 0 Å². The third kappa shape index (κ3) is 2.94. The fraction of sp³-hybridized carbons (Fsp3) is 0.857. The molecule has 0 aliphatic carbocycles. The van der Waals surface area contributed by atoms with E-state index in [1.165, 1.54) is 0 Å². The molecule has 0 aromatic carbocycles. The summed E-state index contributed by atoms with van der Waals surface area (Å²) in [5, 5.41) is 9.10. The van der Waals surface area contributed by atoms with Crippen LogP contribution in [-0.2, 0) is 4.79 Å². The van der Waals surface area contributed by atoms with E-state index in [1.807, 2.05) is 0 Å². The number of ketones is 1. The highest BCUT2D eigenvalue weighted by atomic mass is 16.3. The minimum atomic E-state index is -0.794. The lowest BCUT2D eigenvalue weighted by Gasteiger charge is -2.08. The molecule has 4 N–H and O–H groups in total. The van der Waals surface area contributed by atoms with Crippen molar-refractivity contribution >= 4 is 5.78 Å². The van der Waals surface area contributed by atoms with Gasteiger partial charge in [-0.2, -0.15) is 0 Å². The maximum atomic E-state index is 11.0. The third-order valence-electron chi connectivity index (χ3n) is 1.38. The van der Waals surface area contributed by atoms with Crippen molar-refractivity contribution in [2.75, 3.05) is 6.54 Å². The first kappa shape index (κ1) is 9.59. The quantitative estimate of drug-likeness (QED) is 0.545. The number of quaternary nitrogens is 1. The summed E-state index contributed by atoms with van der Waals surface area (Å²) in [6, 6.07) is 0. The molecule has 0 bridgehead atoms. The van der Waals surface area contributed by atoms with Gasteiger partial charge in [-0.25, -0.2) is 0 Å². The molecule has 0 aromatic rings. The summed E-state index contributed by atoms with van der Waals surface area (Å²) in [5.41, 5.74) is 3.56. The summed E-state index contributed by atoms with van der Waals surface area (Å²) < 4.78 is 0. The average Bonchev–Trinajstić information content (AvgIpc) is 1.87. The number of hydrogen-bond donors (Lipinski definition) is 2. The van der Waals surface area contributed by atoms with Crippen LogP contribution < -0.4 is 5.73 Å². The van der Waals surface area contributed by atoms with Crippen LogP contribution >= 0.6 is 0 Å². The highest BCUT2D eigenvalue weighted by molar-refractivity contribution is 5.84. The van der Waals surface area contributed by atoms with E-state index in [4.69, 9.17) is 5.11 Å². The van der Waals surface area contributed by atoms with Crippen LogP contribution in [0.4, 0.5) is 0 Å². The lowest BCUT2D eigenvalue weighted by molar-refractivity contribution is -0.370. The number of carbonyl (C=O) groups is 1. The normalized spacial score (nSPS) is 13.7. The molecule has 3 nitrogen and oxygen atoms in total. The van der Waals surface area contributed by atoms with Crippen molar-refractivity contribution in [2.24, 2.45) is 5.92 Å². The molecular formula is C7H16NO2+. The Balaban J connectivity index is 3.71. The molecular weight excluding hydrogens is 130 g/mol. The van der Waals surface area contributed by atoms with Crippen LogP contribution in [0.3, 0.4) is 0 Å². The van der Waals surface area contributed by atoms with E-state index in [0.29, 0.717) is 13.0 Å². The van der Waals surface area contributed by atoms with E-state index in [-0.39, 0.29) is 11.7 Å². The van der Waals surface area contributed by atoms with Gasteiger partial charge < -0.3 is 10.8 Å². The topological polar surface area (TPSA) is 64.9 Å². The first-order valence-electron chi connectivity index (χ1n) is 3.60. The lowest BCUT2D eigenvalue weighted by Crippen LogP contribution is -2.52. The van der Waals surface area contributed by atoms with Gasteiger partial charge in [0.05, 0.1) is 6.54 Å². The van der Waals surface area contributed by atoms with E-state index in [1.54, 1.807) is 13.8 Å². The number of aliphatic hydroxyl groups excluding tert-OH is 1. The fourth-order valence-corrected chi connectivity index (χ4v) is 0.720. The summed E-state index contributed by atoms with van der Waals surface area (Å²) in [6.45, 7) is 4.18. The predicted molar refractivity (Wildman–Crippen MR) is 38.2 cm³/mol. The molecule has 0 aliphatic heterocycles. The average molecular weight is 146 g/mol. The molecule has 1 unspecified atom stereocenters. The Bertz CT molecular complexity index is 112. The molecule has 60 valence electrons. The molecule has 0 radical (unpaired) electrons. The largest absolute Gasteiger partial charge is 0.385 e. The predicted octanol–water partition coefficient (Wildman–Crippen LogP) is -0.796. The minimum Gasteiger partial charge on any atom is -0.385 e. The van der Waals surface area contributed by atoms with Gasteiger partial charge in [0, 0.05) is 12.3 Å². The summed E-state index contributed by atoms with van der Waals surface area (Å²) >= 11 is 0. The van der Waals surface area contributed by atoms with Crippen molar-refractivity contribution in [3.05, 3.63) is 0 Å². The van der Waals surface area contributed by atoms with Gasteiger partial charge in [0.15, 0.2) is 5.78 Å². The maximum Gasteiger partial charge on any atom is 0.164 e. The molecule has 1 atom stereocenters. The summed E-state index contributed by atoms with van der Waals surface area (Å²) in [6.07, 6.45) is -0.311. The van der Waals surface area contributed by atoms with Gasteiger partial charge in [0.2, 0.25) is 0 Å². The Morgan fingerprint density at radius 1 is 1.60 bits per heavy atom. The van der Waals surface area contributed by atoms with Crippen LogP contribution in [0.15, 0.2) is 0 Å². The van der Waals surface area contributed by atoms with Crippen molar-refractivity contribution in [3.8, 4) is 0 Å². The Hall–Kier alpha value is -0.410. The molecule has 0 aliphatic rings. The first-order valence-corrected chi connectivity index (χ1v) is 3.60. The lowest BCUT2D eigenvalue weighted by atomic mass is 10.0. The summed E-state index contributed by atoms with van der Waals surface area (Å²) in [4.78, 5) is 11.0. The zero-order valence-corrected chi connectivity index (χ0v) is 6.63. The molecule has 0 amide bonds. The van der Waals surface area contributed by atoms with Crippen LogP contribution in [0.5, 0.6) is 0 Å². The molecule has 0 rings (SSSR count). The van der Waals surface area contributed by atoms with E-state index in [2.05, 4.69) is 5.73 Å². The van der Waals surface area contributed by atoms with Gasteiger partial charge in [0.25, 0.3) is 0 Å². The molecule has 10 heavy (non-hydrogen) atoms. The van der Waals surface area contributed by atoms with E-state index in [9.17, 15) is 4.79 Å². The maximum absolute atomic E-state index is 11.0. The number of Topliss-reactive ketones (excluding diaryl/α,β-unsaturated/α-hetero) is 1. The Morgan fingerprint density at radius 3 is 2.40 bits per heavy atom. The van der Waals surface area contributed by atoms with E-state index < -0.39 is 6.10 Å². The van der Waals surface area contributed by atoms with E-state index >= 15 is 0 Å². The van der Waals surface area contributed by atoms with E-state index in [0.717, 1.165) is 0 Å². The van der Waals surface area contributed by atoms with Gasteiger partial charge in [-0.15, -0.1) is 0 Å². The zero-order valence-electron chi connectivity index (χ0n) is 6.63. The SMILES string of the molecule is CC(C)C(=O)C(O)CC[NH3+]. The molecule has 0 spiro atoms. The standard InChI is InChI=1S/C7H15NO2/c1-5(2)7(10)6(9)3-4-8/h5-6,9H,3-4,8H2,1-2H3/p+1. The molecule has 3 heteroatoms. The van der Waals surface area contributed by atoms with Crippen molar-refractivity contribution in [1.29, 1.82) is 0 Å². The minimum absolute atomic E-state index is 0.0680. The second kappa shape index (κ2) is 4.41. The molecule has 0 saturated carbocycles. The molecule has 0 aromatic heterocycles. The number of carbonyl (C=O) groups excluding carboxylic acids is 1. The van der Waals surface area contributed by atoms with Gasteiger partial charge in [-0.1, -0.05) is 13.8 Å². The fourth-order valence-electron chi connectivity index (χ4n) is 0.720. The Kier molecular flexibility index (Phi) is 4.23. The first-order chi connectivity index (χ1) is 4.59. The number of rotatable bonds is 4. The zero-order chi connectivity index (χ0) is 8.15. The van der Waals surface area contributed by atoms with Gasteiger partial charge in [-0.05, 0) is 0 Å². The third-order valence-corrected chi connectivity index (χ3v) is 1.38. The number of aliphatic hydroxyl groups is 1. The van der Waals surface area contributed by atoms with Crippen molar-refractivity contribution in [2.45, 2.75) is 26.4 Å². The number of hydrogen-bond acceptors (Lipinski definition) is 2. The summed E-state index contributed by atoms with van der Waals surface area (Å²) in [5.74, 6) is -0.148. The molecule has 0 fully saturated rings. The highest BCUT2D eigenvalue weighted by Gasteiger charge is 2.17. The van der Waals surface area contributed by atoms with Gasteiger partial charge in [0.1, 0.15) is 6.10 Å². The smallest absolute Gasteiger partial charge is 0.164 e. The van der Waals surface area contributed by atoms with Crippen LogP contribution in [0, 0.1) is 5.92 Å². The Morgan fingerprint density at radius 2 is 2.10 bits per heavy atom.